The van der Waals surface area contributed by atoms with E-state index in [1.54, 1.807) is 43.8 Å². The number of nitrogens with zero attached hydrogens (tertiary/aromatic N) is 2. The summed E-state index contributed by atoms with van der Waals surface area (Å²) in [7, 11) is 0. The highest BCUT2D eigenvalue weighted by atomic mass is 32.2. The van der Waals surface area contributed by atoms with Gasteiger partial charge in [-0.2, -0.15) is 0 Å². The summed E-state index contributed by atoms with van der Waals surface area (Å²) < 4.78 is 16.8. The molecule has 1 aliphatic rings. The summed E-state index contributed by atoms with van der Waals surface area (Å²) in [5.41, 5.74) is 1.87. The molecule has 0 saturated carbocycles. The Balaban J connectivity index is 1.48. The molecule has 178 valence electrons. The normalized spacial score (nSPS) is 19.4. The Labute approximate surface area is 201 Å². The Hall–Kier alpha value is -2.22. The fourth-order valence-electron chi connectivity index (χ4n) is 3.62. The molecule has 1 aromatic carbocycles. The van der Waals surface area contributed by atoms with Crippen molar-refractivity contribution >= 4 is 17.7 Å². The van der Waals surface area contributed by atoms with E-state index < -0.39 is 24.0 Å². The molecule has 33 heavy (non-hydrogen) atoms. The zero-order valence-electron chi connectivity index (χ0n) is 19.8. The van der Waals surface area contributed by atoms with E-state index in [1.807, 2.05) is 24.5 Å². The summed E-state index contributed by atoms with van der Waals surface area (Å²) in [6.45, 7) is 9.46. The third-order valence-corrected chi connectivity index (χ3v) is 6.32. The van der Waals surface area contributed by atoms with Gasteiger partial charge in [0.15, 0.2) is 17.0 Å². The fraction of sp³-hybridized carbons (Fsp3) is 0.500. The standard InChI is InChI=1S/C26H34N2O4S/c1-5-7-8-9-10-11-16-33-25-27-17-20(18-28-25)19-12-14-21(15-13-19)30-24(29)23-22(6-2)31-26(3,4)32-23/h6,12-15,17-18,22-23H,2,5,7-11,16H2,1,3-4H3. The van der Waals surface area contributed by atoms with Gasteiger partial charge in [-0.15, -0.1) is 6.58 Å². The number of carbonyl (C=O) groups excluding carboxylic acids is 1. The maximum absolute atomic E-state index is 12.5. The maximum atomic E-state index is 12.5. The zero-order chi connectivity index (χ0) is 23.7. The van der Waals surface area contributed by atoms with Gasteiger partial charge in [0.2, 0.25) is 0 Å². The zero-order valence-corrected chi connectivity index (χ0v) is 20.6. The monoisotopic (exact) mass is 470 g/mol. The van der Waals surface area contributed by atoms with Gasteiger partial charge in [0.1, 0.15) is 11.9 Å². The van der Waals surface area contributed by atoms with Gasteiger partial charge >= 0.3 is 5.97 Å². The predicted octanol–water partition coefficient (Wildman–Crippen LogP) is 6.21. The summed E-state index contributed by atoms with van der Waals surface area (Å²) >= 11 is 1.70. The first-order valence-electron chi connectivity index (χ1n) is 11.7. The molecule has 1 saturated heterocycles. The number of ether oxygens (including phenoxy) is 3. The number of thioether (sulfide) groups is 1. The number of hydrogen-bond acceptors (Lipinski definition) is 7. The molecule has 1 fully saturated rings. The Bertz CT molecular complexity index is 900. The molecule has 3 rings (SSSR count). The van der Waals surface area contributed by atoms with Crippen LogP contribution in [0, 0.1) is 0 Å². The van der Waals surface area contributed by atoms with Crippen molar-refractivity contribution in [1.82, 2.24) is 9.97 Å². The summed E-state index contributed by atoms with van der Waals surface area (Å²) in [6.07, 6.45) is 11.6. The van der Waals surface area contributed by atoms with Gasteiger partial charge in [-0.05, 0) is 38.0 Å². The van der Waals surface area contributed by atoms with E-state index in [9.17, 15) is 4.79 Å². The van der Waals surface area contributed by atoms with Gasteiger partial charge in [0.05, 0.1) is 0 Å². The average Bonchev–Trinajstić information content (AvgIpc) is 3.14. The van der Waals surface area contributed by atoms with Crippen molar-refractivity contribution in [2.75, 3.05) is 5.75 Å². The van der Waals surface area contributed by atoms with Crippen LogP contribution in [0.1, 0.15) is 59.3 Å². The Morgan fingerprint density at radius 1 is 1.06 bits per heavy atom. The van der Waals surface area contributed by atoms with Crippen molar-refractivity contribution in [3.05, 3.63) is 49.3 Å². The van der Waals surface area contributed by atoms with Crippen LogP contribution in [-0.2, 0) is 14.3 Å². The van der Waals surface area contributed by atoms with Gasteiger partial charge in [0, 0.05) is 23.7 Å². The van der Waals surface area contributed by atoms with E-state index >= 15 is 0 Å². The summed E-state index contributed by atoms with van der Waals surface area (Å²) in [5, 5.41) is 0.802. The Morgan fingerprint density at radius 2 is 1.73 bits per heavy atom. The van der Waals surface area contributed by atoms with E-state index in [1.165, 1.54) is 38.5 Å². The maximum Gasteiger partial charge on any atom is 0.343 e. The molecule has 0 bridgehead atoms. The fourth-order valence-corrected chi connectivity index (χ4v) is 4.40. The number of aromatic nitrogens is 2. The largest absolute Gasteiger partial charge is 0.425 e. The van der Waals surface area contributed by atoms with Gasteiger partial charge in [-0.25, -0.2) is 14.8 Å². The van der Waals surface area contributed by atoms with E-state index in [0.29, 0.717) is 5.75 Å². The van der Waals surface area contributed by atoms with Crippen LogP contribution >= 0.6 is 11.8 Å². The minimum absolute atomic E-state index is 0.437. The lowest BCUT2D eigenvalue weighted by Gasteiger charge is -2.16. The summed E-state index contributed by atoms with van der Waals surface area (Å²) in [4.78, 5) is 21.5. The minimum atomic E-state index is -0.856. The van der Waals surface area contributed by atoms with Crippen LogP contribution in [0.2, 0.25) is 0 Å². The van der Waals surface area contributed by atoms with Crippen molar-refractivity contribution in [2.45, 2.75) is 82.4 Å². The lowest BCUT2D eigenvalue weighted by molar-refractivity contribution is -0.163. The first-order valence-corrected chi connectivity index (χ1v) is 12.7. The van der Waals surface area contributed by atoms with Crippen molar-refractivity contribution in [3.63, 3.8) is 0 Å². The molecule has 0 aliphatic carbocycles. The molecule has 6 nitrogen and oxygen atoms in total. The second-order valence-corrected chi connectivity index (χ2v) is 9.63. The smallest absolute Gasteiger partial charge is 0.343 e. The third kappa shape index (κ3) is 7.66. The van der Waals surface area contributed by atoms with Crippen LogP contribution < -0.4 is 4.74 Å². The van der Waals surface area contributed by atoms with Crippen LogP contribution in [0.3, 0.4) is 0 Å². The third-order valence-electron chi connectivity index (χ3n) is 5.36. The minimum Gasteiger partial charge on any atom is -0.425 e. The molecule has 2 aromatic rings. The molecular formula is C26H34N2O4S. The number of esters is 1. The van der Waals surface area contributed by atoms with Crippen molar-refractivity contribution < 1.29 is 19.0 Å². The first kappa shape index (κ1) is 25.4. The van der Waals surface area contributed by atoms with Crippen LogP contribution in [0.25, 0.3) is 11.1 Å². The number of hydrogen-bond donors (Lipinski definition) is 0. The van der Waals surface area contributed by atoms with Crippen molar-refractivity contribution in [1.29, 1.82) is 0 Å². The average molecular weight is 471 g/mol. The molecule has 0 spiro atoms. The molecule has 0 amide bonds. The molecular weight excluding hydrogens is 436 g/mol. The molecule has 1 aromatic heterocycles. The Morgan fingerprint density at radius 3 is 2.39 bits per heavy atom. The highest BCUT2D eigenvalue weighted by Crippen LogP contribution is 2.30. The number of benzene rings is 1. The number of rotatable bonds is 12. The van der Waals surface area contributed by atoms with E-state index in [-0.39, 0.29) is 0 Å². The number of carbonyl (C=O) groups is 1. The highest BCUT2D eigenvalue weighted by molar-refractivity contribution is 7.99. The molecule has 1 aliphatic heterocycles. The molecule has 0 radical (unpaired) electrons. The van der Waals surface area contributed by atoms with Crippen molar-refractivity contribution in [2.24, 2.45) is 0 Å². The first-order chi connectivity index (χ1) is 15.9. The molecule has 2 unspecified atom stereocenters. The highest BCUT2D eigenvalue weighted by Gasteiger charge is 2.44. The van der Waals surface area contributed by atoms with Gasteiger partial charge in [-0.1, -0.05) is 69.0 Å². The van der Waals surface area contributed by atoms with Gasteiger partial charge in [-0.3, -0.25) is 0 Å². The molecule has 7 heteroatoms. The predicted molar refractivity (Wildman–Crippen MR) is 131 cm³/mol. The SMILES string of the molecule is C=CC1OC(C)(C)OC1C(=O)Oc1ccc(-c2cnc(SCCCCCCCC)nc2)cc1. The second-order valence-electron chi connectivity index (χ2n) is 8.57. The van der Waals surface area contributed by atoms with Crippen LogP contribution in [0.15, 0.2) is 54.5 Å². The lowest BCUT2D eigenvalue weighted by Crippen LogP contribution is -2.34. The summed E-state index contributed by atoms with van der Waals surface area (Å²) in [5.74, 6) is 0.122. The van der Waals surface area contributed by atoms with E-state index in [2.05, 4.69) is 23.5 Å². The van der Waals surface area contributed by atoms with E-state index in [0.717, 1.165) is 22.0 Å². The molecule has 0 N–H and O–H groups in total. The molecule has 2 atom stereocenters. The van der Waals surface area contributed by atoms with Gasteiger partial charge in [0.25, 0.3) is 0 Å². The quantitative estimate of drug-likeness (QED) is 0.0912. The van der Waals surface area contributed by atoms with Crippen LogP contribution in [0.5, 0.6) is 5.75 Å². The van der Waals surface area contributed by atoms with E-state index in [4.69, 9.17) is 14.2 Å². The topological polar surface area (TPSA) is 70.5 Å². The second kappa shape index (κ2) is 12.3. The Kier molecular flexibility index (Phi) is 9.47. The van der Waals surface area contributed by atoms with Crippen LogP contribution in [-0.4, -0.2) is 39.7 Å². The van der Waals surface area contributed by atoms with Crippen LogP contribution in [0.4, 0.5) is 0 Å². The summed E-state index contributed by atoms with van der Waals surface area (Å²) in [6, 6.07) is 7.26. The lowest BCUT2D eigenvalue weighted by atomic mass is 10.1. The van der Waals surface area contributed by atoms with Crippen molar-refractivity contribution in [3.8, 4) is 16.9 Å². The van der Waals surface area contributed by atoms with Gasteiger partial charge < -0.3 is 14.2 Å². The molecule has 2 heterocycles. The number of unbranched alkanes of at least 4 members (excludes halogenated alkanes) is 5.